The summed E-state index contributed by atoms with van der Waals surface area (Å²) in [5, 5.41) is 27.9. The Labute approximate surface area is 199 Å². The molecule has 1 aliphatic heterocycles. The number of rotatable bonds is 2. The second kappa shape index (κ2) is 13.0. The van der Waals surface area contributed by atoms with Gasteiger partial charge < -0.3 is 64.7 Å². The number of phosphoric acid groups is 3. The van der Waals surface area contributed by atoms with Gasteiger partial charge in [-0.15, -0.1) is 0 Å². The molecule has 1 aliphatic rings. The lowest BCUT2D eigenvalue weighted by Gasteiger charge is -2.14. The Hall–Kier alpha value is -2.06. The van der Waals surface area contributed by atoms with Crippen molar-refractivity contribution >= 4 is 34.8 Å². The molecule has 22 nitrogen and oxygen atoms in total. The first-order valence-electron chi connectivity index (χ1n) is 8.51. The number of anilines is 1. The highest BCUT2D eigenvalue weighted by Crippen LogP contribution is 2.41. The molecule has 0 saturated carbocycles. The number of aliphatic hydroxyl groups excluding tert-OH is 2. The molecule has 13 N–H and O–H groups in total. The molecule has 0 bridgehead atoms. The van der Waals surface area contributed by atoms with Gasteiger partial charge in [0.25, 0.3) is 13.5 Å². The summed E-state index contributed by atoms with van der Waals surface area (Å²) in [7, 11) is -14.2. The third kappa shape index (κ3) is 13.3. The van der Waals surface area contributed by atoms with Gasteiger partial charge in [0.1, 0.15) is 35.7 Å². The number of nitrogens with two attached hydrogens (primary N) is 1. The summed E-state index contributed by atoms with van der Waals surface area (Å²) in [5.74, 6) is 0.290. The smallest absolute Gasteiger partial charge is 0.466 e. The summed E-state index contributed by atoms with van der Waals surface area (Å²) in [4.78, 5) is 72.8. The van der Waals surface area contributed by atoms with Gasteiger partial charge in [0, 0.05) is 0 Å². The Morgan fingerprint density at radius 3 is 1.97 bits per heavy atom. The van der Waals surface area contributed by atoms with Crippen molar-refractivity contribution in [3.05, 3.63) is 24.2 Å². The Balaban J connectivity index is 0.000000672. The Morgan fingerprint density at radius 2 is 1.56 bits per heavy atom. The Kier molecular flexibility index (Phi) is 12.2. The molecule has 0 aliphatic carbocycles. The predicted octanol–water partition coefficient (Wildman–Crippen LogP) is -4.05. The van der Waals surface area contributed by atoms with Crippen molar-refractivity contribution in [2.75, 3.05) is 5.73 Å². The van der Waals surface area contributed by atoms with Crippen LogP contribution < -0.4 is 15.5 Å². The highest BCUT2D eigenvalue weighted by Gasteiger charge is 2.56. The van der Waals surface area contributed by atoms with Crippen LogP contribution in [0, 0.1) is 5.53 Å². The minimum atomic E-state index is -4.89. The van der Waals surface area contributed by atoms with Gasteiger partial charge in [-0.1, -0.05) is 0 Å². The van der Waals surface area contributed by atoms with E-state index < -0.39 is 47.5 Å². The largest absolute Gasteiger partial charge is 0.756 e. The van der Waals surface area contributed by atoms with Crippen LogP contribution in [0.3, 0.4) is 0 Å². The van der Waals surface area contributed by atoms with Crippen molar-refractivity contribution in [1.82, 2.24) is 19.5 Å². The summed E-state index contributed by atoms with van der Waals surface area (Å²) in [6, 6.07) is 3.36. The quantitative estimate of drug-likeness (QED) is 0.0906. The van der Waals surface area contributed by atoms with Gasteiger partial charge in [0.15, 0.2) is 10.9 Å². The van der Waals surface area contributed by atoms with Crippen LogP contribution in [-0.4, -0.2) is 81.9 Å². The molecule has 1 fully saturated rings. The van der Waals surface area contributed by atoms with Crippen LogP contribution in [0.15, 0.2) is 23.6 Å². The Bertz CT molecular complexity index is 1130. The average molecular weight is 585 g/mol. The lowest BCUT2D eigenvalue weighted by Crippen LogP contribution is -2.38. The maximum Gasteiger partial charge on any atom is 0.466 e. The van der Waals surface area contributed by atoms with Crippen molar-refractivity contribution in [3.8, 4) is 0 Å². The number of nitrogens with one attached hydrogen (secondary N) is 1. The first-order chi connectivity index (χ1) is 16.0. The topological polar surface area (TPSA) is 392 Å². The highest BCUT2D eigenvalue weighted by molar-refractivity contribution is 7.45. The molecule has 0 unspecified atom stereocenters. The van der Waals surface area contributed by atoms with E-state index in [1.807, 2.05) is 0 Å². The van der Waals surface area contributed by atoms with Crippen LogP contribution in [0.1, 0.15) is 18.7 Å². The zero-order valence-electron chi connectivity index (χ0n) is 17.6. The molecule has 0 aromatic carbocycles. The number of fused-ring (bicyclic) bond motifs is 1. The third-order valence-corrected chi connectivity index (χ3v) is 3.60. The number of hydrogen-bond donors (Lipinski definition) is 12. The van der Waals surface area contributed by atoms with Crippen LogP contribution in [0.25, 0.3) is 5.52 Å². The fourth-order valence-corrected chi connectivity index (χ4v) is 2.48. The molecular weight excluding hydrogens is 563 g/mol. The molecule has 0 radical (unpaired) electrons. The van der Waals surface area contributed by atoms with Gasteiger partial charge in [-0.3, -0.25) is 4.57 Å². The summed E-state index contributed by atoms with van der Waals surface area (Å²) >= 11 is 0. The van der Waals surface area contributed by atoms with Crippen molar-refractivity contribution in [1.29, 1.82) is 5.53 Å². The summed E-state index contributed by atoms with van der Waals surface area (Å²) < 4.78 is 33.6. The number of aromatic nitrogens is 3. The van der Waals surface area contributed by atoms with Gasteiger partial charge >= 0.3 is 15.6 Å². The van der Waals surface area contributed by atoms with E-state index >= 15 is 0 Å². The molecule has 2 aromatic heterocycles. The highest BCUT2D eigenvalue weighted by atomic mass is 31.2. The number of nitrogens with zero attached hydrogens (tertiary/aromatic N) is 5. The van der Waals surface area contributed by atoms with E-state index in [-0.39, 0.29) is 5.82 Å². The minimum Gasteiger partial charge on any atom is -0.756 e. The van der Waals surface area contributed by atoms with E-state index in [1.54, 1.807) is 12.1 Å². The fraction of sp³-hybridized carbons (Fsp3) is 0.455. The summed E-state index contributed by atoms with van der Waals surface area (Å²) in [6.45, 7) is 1.44. The van der Waals surface area contributed by atoms with Crippen LogP contribution >= 0.6 is 23.5 Å². The molecule has 0 spiro atoms. The first kappa shape index (κ1) is 33.9. The van der Waals surface area contributed by atoms with E-state index in [0.29, 0.717) is 11.2 Å². The van der Waals surface area contributed by atoms with Crippen molar-refractivity contribution < 1.29 is 72.7 Å². The SMILES string of the molecule is C[C@@]1(N=[N+]=N)O[C@@H](c2ccc3c(N)ncnn23)[C@H](O)[C@@H]1O.O=P(O)(O)O.O=P(O)(O)O.O=P([O-])(O)O. The molecule has 1 saturated heterocycles. The molecular formula is C11H22N7O15P3. The molecule has 36 heavy (non-hydrogen) atoms. The van der Waals surface area contributed by atoms with Gasteiger partial charge in [-0.25, -0.2) is 18.6 Å². The second-order valence-corrected chi connectivity index (χ2v) is 9.48. The molecule has 0 amide bonds. The van der Waals surface area contributed by atoms with E-state index in [9.17, 15) is 10.2 Å². The molecule has 206 valence electrons. The van der Waals surface area contributed by atoms with Crippen LogP contribution in [0.4, 0.5) is 5.82 Å². The fourth-order valence-electron chi connectivity index (χ4n) is 2.48. The first-order valence-corrected chi connectivity index (χ1v) is 13.2. The molecule has 4 atom stereocenters. The van der Waals surface area contributed by atoms with E-state index in [0.717, 1.165) is 0 Å². The van der Waals surface area contributed by atoms with Gasteiger partial charge in [0.05, 0.1) is 5.69 Å². The lowest BCUT2D eigenvalue weighted by atomic mass is 10.0. The third-order valence-electron chi connectivity index (χ3n) is 3.60. The van der Waals surface area contributed by atoms with Gasteiger partial charge in [-0.2, -0.15) is 5.10 Å². The zero-order chi connectivity index (χ0) is 28.7. The summed E-state index contributed by atoms with van der Waals surface area (Å²) in [5.41, 5.74) is 12.1. The maximum absolute atomic E-state index is 10.2. The monoisotopic (exact) mass is 585 g/mol. The maximum atomic E-state index is 10.2. The Morgan fingerprint density at radius 1 is 1.11 bits per heavy atom. The lowest BCUT2D eigenvalue weighted by molar-refractivity contribution is -0.214. The summed E-state index contributed by atoms with van der Waals surface area (Å²) in [6.07, 6.45) is -2.16. The molecule has 25 heteroatoms. The zero-order valence-corrected chi connectivity index (χ0v) is 20.3. The van der Waals surface area contributed by atoms with Crippen LogP contribution in [0.2, 0.25) is 0 Å². The normalized spacial score (nSPS) is 23.7. The van der Waals surface area contributed by atoms with E-state index in [1.165, 1.54) is 17.8 Å². The van der Waals surface area contributed by atoms with E-state index in [4.69, 9.17) is 73.7 Å². The number of aliphatic hydroxyl groups is 2. The van der Waals surface area contributed by atoms with E-state index in [2.05, 4.69) is 20.1 Å². The molecule has 2 aromatic rings. The van der Waals surface area contributed by atoms with Gasteiger partial charge in [-0.05, 0) is 19.1 Å². The average Bonchev–Trinajstić information content (AvgIpc) is 3.14. The standard InChI is InChI=1S/C11H14N7O3.3H3O4P/c1-11(16-17-13)9(20)7(19)8(21-11)5-2-3-6-10(12)14-4-15-18(5)6;3*1-5(2,3)4/h2-4,7-9,13,19-20H,1H3,(H2,12,14,15);3*(H3,1,2,3,4)/q+1;;;/p-1/t7-,8-,9-,11+;;;/m0.../s1. The predicted molar refractivity (Wildman–Crippen MR) is 109 cm³/mol. The number of nitrogen functional groups attached to an aromatic ring is 1. The molecule has 3 rings (SSSR count). The number of hydrogen-bond acceptors (Lipinski definition) is 12. The van der Waals surface area contributed by atoms with Crippen molar-refractivity contribution in [3.63, 3.8) is 0 Å². The minimum absolute atomic E-state index is 0.290. The van der Waals surface area contributed by atoms with Crippen LogP contribution in [-0.2, 0) is 18.4 Å². The van der Waals surface area contributed by atoms with Crippen molar-refractivity contribution in [2.24, 2.45) is 5.11 Å². The number of ether oxygens (including phenoxy) is 1. The van der Waals surface area contributed by atoms with Crippen molar-refractivity contribution in [2.45, 2.75) is 31.0 Å². The molecule has 3 heterocycles. The van der Waals surface area contributed by atoms with Crippen LogP contribution in [0.5, 0.6) is 0 Å². The second-order valence-electron chi connectivity index (χ2n) is 6.45. The van der Waals surface area contributed by atoms with Gasteiger partial charge in [0.2, 0.25) is 4.91 Å².